The molecule has 0 spiro atoms. The van der Waals surface area contributed by atoms with Gasteiger partial charge in [0.05, 0.1) is 0 Å². The first-order valence-electron chi connectivity index (χ1n) is 6.56. The van der Waals surface area contributed by atoms with E-state index in [0.717, 1.165) is 37.2 Å². The second kappa shape index (κ2) is 5.34. The van der Waals surface area contributed by atoms with Crippen LogP contribution in [0.4, 0.5) is 11.6 Å². The lowest BCUT2D eigenvalue weighted by atomic mass is 10.1. The van der Waals surface area contributed by atoms with Crippen LogP contribution in [0.5, 0.6) is 0 Å². The summed E-state index contributed by atoms with van der Waals surface area (Å²) in [5, 5.41) is 3.29. The van der Waals surface area contributed by atoms with Crippen molar-refractivity contribution in [2.24, 2.45) is 5.92 Å². The molecule has 0 amide bonds. The molecule has 1 fully saturated rings. The lowest BCUT2D eigenvalue weighted by molar-refractivity contribution is 0.568. The lowest BCUT2D eigenvalue weighted by Gasteiger charge is -2.20. The maximum absolute atomic E-state index is 4.45. The highest BCUT2D eigenvalue weighted by atomic mass is 15.2. The quantitative estimate of drug-likeness (QED) is 0.869. The molecule has 94 valence electrons. The van der Waals surface area contributed by atoms with Gasteiger partial charge in [-0.2, -0.15) is 0 Å². The van der Waals surface area contributed by atoms with Gasteiger partial charge in [0.15, 0.2) is 0 Å². The van der Waals surface area contributed by atoms with E-state index in [-0.39, 0.29) is 0 Å². The highest BCUT2D eigenvalue weighted by Gasteiger charge is 2.23. The molecule has 2 heterocycles. The largest absolute Gasteiger partial charge is 0.370 e. The number of nitrogens with one attached hydrogen (secondary N) is 1. The molecule has 1 atom stereocenters. The van der Waals surface area contributed by atoms with Crippen LogP contribution in [0.25, 0.3) is 0 Å². The zero-order valence-electron chi connectivity index (χ0n) is 11.0. The first-order chi connectivity index (χ1) is 8.26. The minimum absolute atomic E-state index is 0.826. The molecule has 0 aromatic carbocycles. The number of rotatable bonds is 4. The molecule has 1 aromatic rings. The molecule has 1 unspecified atom stereocenters. The monoisotopic (exact) mass is 234 g/mol. The maximum atomic E-state index is 4.45. The number of hydrogen-bond acceptors (Lipinski definition) is 4. The van der Waals surface area contributed by atoms with Gasteiger partial charge in [-0.15, -0.1) is 0 Å². The second-order valence-electron chi connectivity index (χ2n) is 4.71. The molecule has 0 radical (unpaired) electrons. The standard InChI is InChI=1S/C13H22N4/c1-4-11-6-7-17(8-11)13-10(3)12(14-5-2)15-9-16-13/h9,11H,4-8H2,1-3H3,(H,14,15,16). The van der Waals surface area contributed by atoms with Crippen molar-refractivity contribution in [1.82, 2.24) is 9.97 Å². The smallest absolute Gasteiger partial charge is 0.137 e. The summed E-state index contributed by atoms with van der Waals surface area (Å²) in [6.45, 7) is 9.62. The first-order valence-corrected chi connectivity index (χ1v) is 6.56. The Labute approximate surface area is 103 Å². The van der Waals surface area contributed by atoms with Crippen molar-refractivity contribution < 1.29 is 0 Å². The third-order valence-corrected chi connectivity index (χ3v) is 3.56. The van der Waals surface area contributed by atoms with Gasteiger partial charge in [0.2, 0.25) is 0 Å². The summed E-state index contributed by atoms with van der Waals surface area (Å²) in [6.07, 6.45) is 4.22. The SMILES string of the molecule is CCNc1ncnc(N2CCC(CC)C2)c1C. The van der Waals surface area contributed by atoms with Crippen LogP contribution in [0.15, 0.2) is 6.33 Å². The van der Waals surface area contributed by atoms with Crippen LogP contribution in [0.1, 0.15) is 32.3 Å². The van der Waals surface area contributed by atoms with Gasteiger partial charge < -0.3 is 10.2 Å². The van der Waals surface area contributed by atoms with Gasteiger partial charge in [0, 0.05) is 25.2 Å². The van der Waals surface area contributed by atoms with E-state index in [1.807, 2.05) is 0 Å². The Morgan fingerprint density at radius 1 is 1.41 bits per heavy atom. The molecule has 4 heteroatoms. The minimum Gasteiger partial charge on any atom is -0.370 e. The third kappa shape index (κ3) is 2.51. The van der Waals surface area contributed by atoms with Crippen LogP contribution in [-0.2, 0) is 0 Å². The molecular formula is C13H22N4. The predicted octanol–water partition coefficient (Wildman–Crippen LogP) is 2.45. The van der Waals surface area contributed by atoms with E-state index in [4.69, 9.17) is 0 Å². The van der Waals surface area contributed by atoms with Crippen molar-refractivity contribution in [1.29, 1.82) is 0 Å². The number of hydrogen-bond donors (Lipinski definition) is 1. The highest BCUT2D eigenvalue weighted by molar-refractivity contribution is 5.58. The molecule has 2 rings (SSSR count). The maximum Gasteiger partial charge on any atom is 0.137 e. The molecule has 0 aliphatic carbocycles. The zero-order valence-corrected chi connectivity index (χ0v) is 11.0. The van der Waals surface area contributed by atoms with Gasteiger partial charge in [-0.1, -0.05) is 13.3 Å². The summed E-state index contributed by atoms with van der Waals surface area (Å²) in [5.74, 6) is 2.90. The van der Waals surface area contributed by atoms with E-state index in [0.29, 0.717) is 0 Å². The van der Waals surface area contributed by atoms with Crippen molar-refractivity contribution in [3.05, 3.63) is 11.9 Å². The summed E-state index contributed by atoms with van der Waals surface area (Å²) >= 11 is 0. The van der Waals surface area contributed by atoms with Gasteiger partial charge in [0.1, 0.15) is 18.0 Å². The molecule has 1 aromatic heterocycles. The fourth-order valence-corrected chi connectivity index (χ4v) is 2.46. The Morgan fingerprint density at radius 3 is 2.88 bits per heavy atom. The van der Waals surface area contributed by atoms with Gasteiger partial charge in [-0.25, -0.2) is 9.97 Å². The van der Waals surface area contributed by atoms with E-state index >= 15 is 0 Å². The molecule has 0 saturated carbocycles. The van der Waals surface area contributed by atoms with Crippen molar-refractivity contribution in [2.75, 3.05) is 29.9 Å². The molecule has 1 aliphatic rings. The van der Waals surface area contributed by atoms with E-state index < -0.39 is 0 Å². The number of anilines is 2. The lowest BCUT2D eigenvalue weighted by Crippen LogP contribution is -2.22. The van der Waals surface area contributed by atoms with Gasteiger partial charge >= 0.3 is 0 Å². The molecular weight excluding hydrogens is 212 g/mol. The van der Waals surface area contributed by atoms with E-state index in [1.165, 1.54) is 18.4 Å². The third-order valence-electron chi connectivity index (χ3n) is 3.56. The van der Waals surface area contributed by atoms with Crippen LogP contribution in [0.2, 0.25) is 0 Å². The van der Waals surface area contributed by atoms with E-state index in [9.17, 15) is 0 Å². The molecule has 0 bridgehead atoms. The fourth-order valence-electron chi connectivity index (χ4n) is 2.46. The van der Waals surface area contributed by atoms with Gasteiger partial charge in [0.25, 0.3) is 0 Å². The summed E-state index contributed by atoms with van der Waals surface area (Å²) < 4.78 is 0. The Hall–Kier alpha value is -1.32. The zero-order chi connectivity index (χ0) is 12.3. The summed E-state index contributed by atoms with van der Waals surface area (Å²) in [7, 11) is 0. The number of nitrogens with zero attached hydrogens (tertiary/aromatic N) is 3. The van der Waals surface area contributed by atoms with Crippen molar-refractivity contribution in [3.63, 3.8) is 0 Å². The number of aromatic nitrogens is 2. The molecule has 1 saturated heterocycles. The molecule has 1 aliphatic heterocycles. The van der Waals surface area contributed by atoms with Crippen molar-refractivity contribution in [3.8, 4) is 0 Å². The molecule has 17 heavy (non-hydrogen) atoms. The Bertz CT molecular complexity index is 378. The average molecular weight is 234 g/mol. The van der Waals surface area contributed by atoms with Crippen LogP contribution < -0.4 is 10.2 Å². The minimum atomic E-state index is 0.826. The Kier molecular flexibility index (Phi) is 3.82. The highest BCUT2D eigenvalue weighted by Crippen LogP contribution is 2.28. The van der Waals surface area contributed by atoms with E-state index in [2.05, 4.69) is 41.0 Å². The van der Waals surface area contributed by atoms with E-state index in [1.54, 1.807) is 6.33 Å². The van der Waals surface area contributed by atoms with Crippen molar-refractivity contribution in [2.45, 2.75) is 33.6 Å². The average Bonchev–Trinajstić information content (AvgIpc) is 2.80. The Morgan fingerprint density at radius 2 is 2.24 bits per heavy atom. The first kappa shape index (κ1) is 12.1. The summed E-state index contributed by atoms with van der Waals surface area (Å²) in [4.78, 5) is 11.1. The van der Waals surface area contributed by atoms with Crippen LogP contribution in [-0.4, -0.2) is 29.6 Å². The molecule has 4 nitrogen and oxygen atoms in total. The van der Waals surface area contributed by atoms with Crippen molar-refractivity contribution >= 4 is 11.6 Å². The van der Waals surface area contributed by atoms with Crippen LogP contribution >= 0.6 is 0 Å². The fraction of sp³-hybridized carbons (Fsp3) is 0.692. The second-order valence-corrected chi connectivity index (χ2v) is 4.71. The topological polar surface area (TPSA) is 41.1 Å². The predicted molar refractivity (Wildman–Crippen MR) is 71.5 cm³/mol. The van der Waals surface area contributed by atoms with Gasteiger partial charge in [-0.05, 0) is 26.2 Å². The Balaban J connectivity index is 2.18. The van der Waals surface area contributed by atoms with Gasteiger partial charge in [-0.3, -0.25) is 0 Å². The normalized spacial score (nSPS) is 19.7. The van der Waals surface area contributed by atoms with Crippen LogP contribution in [0, 0.1) is 12.8 Å². The summed E-state index contributed by atoms with van der Waals surface area (Å²) in [6, 6.07) is 0. The summed E-state index contributed by atoms with van der Waals surface area (Å²) in [5.41, 5.74) is 1.17. The molecule has 1 N–H and O–H groups in total. The van der Waals surface area contributed by atoms with Crippen LogP contribution in [0.3, 0.4) is 0 Å².